The number of halogens is 1. The van der Waals surface area contributed by atoms with Crippen LogP contribution in [0.15, 0.2) is 48.5 Å². The van der Waals surface area contributed by atoms with Gasteiger partial charge in [-0.2, -0.15) is 0 Å². The topological polar surface area (TPSA) is 58.6 Å². The molecule has 2 aromatic rings. The Morgan fingerprint density at radius 2 is 1.72 bits per heavy atom. The number of carbonyl (C=O) groups is 2. The summed E-state index contributed by atoms with van der Waals surface area (Å²) >= 11 is 6.16. The van der Waals surface area contributed by atoms with Crippen LogP contribution in [0.2, 0.25) is 5.02 Å². The van der Waals surface area contributed by atoms with Crippen LogP contribution in [-0.4, -0.2) is 41.5 Å². The molecule has 1 heterocycles. The van der Waals surface area contributed by atoms with Crippen LogP contribution in [0.5, 0.6) is 0 Å². The van der Waals surface area contributed by atoms with Gasteiger partial charge in [-0.25, -0.2) is 4.79 Å². The van der Waals surface area contributed by atoms with Crippen molar-refractivity contribution in [1.29, 1.82) is 0 Å². The van der Waals surface area contributed by atoms with E-state index in [1.165, 1.54) is 0 Å². The second-order valence-electron chi connectivity index (χ2n) is 8.27. The van der Waals surface area contributed by atoms with Crippen molar-refractivity contribution in [2.45, 2.75) is 45.3 Å². The van der Waals surface area contributed by atoms with Crippen LogP contribution in [0.3, 0.4) is 0 Å². The van der Waals surface area contributed by atoms with E-state index >= 15 is 0 Å². The van der Waals surface area contributed by atoms with Gasteiger partial charge in [0.1, 0.15) is 5.60 Å². The van der Waals surface area contributed by atoms with Gasteiger partial charge in [0, 0.05) is 41.0 Å². The first kappa shape index (κ1) is 21.2. The molecule has 5 nitrogen and oxygen atoms in total. The molecule has 0 unspecified atom stereocenters. The minimum atomic E-state index is -0.498. The van der Waals surface area contributed by atoms with Gasteiger partial charge in [-0.3, -0.25) is 4.79 Å². The van der Waals surface area contributed by atoms with Gasteiger partial charge in [-0.1, -0.05) is 41.9 Å². The Kier molecular flexibility index (Phi) is 6.48. The summed E-state index contributed by atoms with van der Waals surface area (Å²) in [5.41, 5.74) is 1.44. The van der Waals surface area contributed by atoms with E-state index in [-0.39, 0.29) is 17.9 Å². The van der Waals surface area contributed by atoms with Crippen LogP contribution in [0, 0.1) is 0 Å². The second-order valence-corrected chi connectivity index (χ2v) is 8.71. The summed E-state index contributed by atoms with van der Waals surface area (Å²) in [5.74, 6) is -0.0678. The normalized spacial score (nSPS) is 15.1. The zero-order valence-corrected chi connectivity index (χ0v) is 17.8. The van der Waals surface area contributed by atoms with Crippen LogP contribution in [0.25, 0.3) is 0 Å². The molecule has 0 aliphatic carbocycles. The molecular weight excluding hydrogens is 388 g/mol. The first-order chi connectivity index (χ1) is 13.7. The van der Waals surface area contributed by atoms with E-state index in [1.807, 2.05) is 45.0 Å². The summed E-state index contributed by atoms with van der Waals surface area (Å²) in [5, 5.41) is 4.00. The quantitative estimate of drug-likeness (QED) is 0.682. The van der Waals surface area contributed by atoms with E-state index in [4.69, 9.17) is 16.3 Å². The van der Waals surface area contributed by atoms with Crippen molar-refractivity contribution in [1.82, 2.24) is 4.90 Å². The third kappa shape index (κ3) is 5.73. The molecular formula is C23H27ClN2O3. The van der Waals surface area contributed by atoms with E-state index in [2.05, 4.69) is 5.32 Å². The monoisotopic (exact) mass is 414 g/mol. The van der Waals surface area contributed by atoms with Crippen molar-refractivity contribution in [3.63, 3.8) is 0 Å². The van der Waals surface area contributed by atoms with Gasteiger partial charge in [0.2, 0.25) is 0 Å². The van der Waals surface area contributed by atoms with Crippen LogP contribution in [-0.2, 0) is 4.74 Å². The highest BCUT2D eigenvalue weighted by Crippen LogP contribution is 2.26. The minimum absolute atomic E-state index is 0.0678. The van der Waals surface area contributed by atoms with Gasteiger partial charge in [0.15, 0.2) is 5.78 Å². The molecule has 6 heteroatoms. The number of piperidine rings is 1. The molecule has 0 aromatic heterocycles. The third-order valence-corrected chi connectivity index (χ3v) is 5.00. The van der Waals surface area contributed by atoms with Crippen molar-refractivity contribution >= 4 is 29.2 Å². The summed E-state index contributed by atoms with van der Waals surface area (Å²) in [6.45, 7) is 6.82. The average Bonchev–Trinajstić information content (AvgIpc) is 2.68. The fraction of sp³-hybridized carbons (Fsp3) is 0.391. The summed E-state index contributed by atoms with van der Waals surface area (Å²) in [6.07, 6.45) is 1.28. The number of rotatable bonds is 4. The Balaban J connectivity index is 1.67. The fourth-order valence-electron chi connectivity index (χ4n) is 3.33. The van der Waals surface area contributed by atoms with Crippen LogP contribution < -0.4 is 5.32 Å². The fourth-order valence-corrected chi connectivity index (χ4v) is 3.50. The van der Waals surface area contributed by atoms with Gasteiger partial charge >= 0.3 is 6.09 Å². The van der Waals surface area contributed by atoms with Gasteiger partial charge in [-0.05, 0) is 51.8 Å². The Bertz CT molecular complexity index is 869. The molecule has 1 fully saturated rings. The highest BCUT2D eigenvalue weighted by molar-refractivity contribution is 6.31. The van der Waals surface area contributed by atoms with E-state index in [9.17, 15) is 9.59 Å². The molecule has 0 saturated carbocycles. The maximum Gasteiger partial charge on any atom is 0.410 e. The lowest BCUT2D eigenvalue weighted by molar-refractivity contribution is 0.0210. The van der Waals surface area contributed by atoms with Gasteiger partial charge in [0.05, 0.1) is 0 Å². The number of benzene rings is 2. The summed E-state index contributed by atoms with van der Waals surface area (Å²) in [4.78, 5) is 26.9. The Hall–Kier alpha value is -2.53. The number of carbonyl (C=O) groups excluding carboxylic acids is 2. The number of likely N-dealkylation sites (tertiary alicyclic amines) is 1. The van der Waals surface area contributed by atoms with Crippen LogP contribution in [0.1, 0.15) is 49.5 Å². The van der Waals surface area contributed by atoms with E-state index in [1.54, 1.807) is 29.2 Å². The molecule has 0 radical (unpaired) electrons. The first-order valence-corrected chi connectivity index (χ1v) is 10.2. The molecule has 3 rings (SSSR count). The highest BCUT2D eigenvalue weighted by Gasteiger charge is 2.27. The predicted octanol–water partition coefficient (Wildman–Crippen LogP) is 5.38. The standard InChI is InChI=1S/C23H27ClN2O3/c1-23(2,3)29-22(28)26-13-11-18(12-14-26)25-20-10-9-17(24)15-19(20)21(27)16-7-5-4-6-8-16/h4-10,15,18,25H,11-14H2,1-3H3. The largest absolute Gasteiger partial charge is 0.444 e. The lowest BCUT2D eigenvalue weighted by Gasteiger charge is -2.34. The van der Waals surface area contributed by atoms with Crippen molar-refractivity contribution < 1.29 is 14.3 Å². The number of nitrogens with zero attached hydrogens (tertiary/aromatic N) is 1. The summed E-state index contributed by atoms with van der Waals surface area (Å²) < 4.78 is 5.45. The van der Waals surface area contributed by atoms with Gasteiger partial charge in [0.25, 0.3) is 0 Å². The number of ketones is 1. The van der Waals surface area contributed by atoms with E-state index in [0.29, 0.717) is 29.2 Å². The Labute approximate surface area is 177 Å². The molecule has 29 heavy (non-hydrogen) atoms. The van der Waals surface area contributed by atoms with Crippen molar-refractivity contribution in [3.05, 3.63) is 64.7 Å². The molecule has 1 aliphatic rings. The molecule has 1 aliphatic heterocycles. The summed E-state index contributed by atoms with van der Waals surface area (Å²) in [7, 11) is 0. The van der Waals surface area contributed by atoms with Crippen molar-refractivity contribution in [3.8, 4) is 0 Å². The van der Waals surface area contributed by atoms with Crippen LogP contribution in [0.4, 0.5) is 10.5 Å². The average molecular weight is 415 g/mol. The molecule has 0 bridgehead atoms. The maximum atomic E-state index is 13.0. The Morgan fingerprint density at radius 1 is 1.07 bits per heavy atom. The maximum absolute atomic E-state index is 13.0. The molecule has 2 aromatic carbocycles. The molecule has 1 N–H and O–H groups in total. The highest BCUT2D eigenvalue weighted by atomic mass is 35.5. The second kappa shape index (κ2) is 8.87. The third-order valence-electron chi connectivity index (χ3n) is 4.77. The summed E-state index contributed by atoms with van der Waals surface area (Å²) in [6, 6.07) is 14.7. The number of hydrogen-bond acceptors (Lipinski definition) is 4. The van der Waals surface area contributed by atoms with E-state index in [0.717, 1.165) is 18.5 Å². The number of ether oxygens (including phenoxy) is 1. The van der Waals surface area contributed by atoms with Gasteiger partial charge in [-0.15, -0.1) is 0 Å². The molecule has 0 atom stereocenters. The first-order valence-electron chi connectivity index (χ1n) is 9.87. The molecule has 154 valence electrons. The number of amides is 1. The number of anilines is 1. The zero-order valence-electron chi connectivity index (χ0n) is 17.1. The smallest absolute Gasteiger partial charge is 0.410 e. The molecule has 0 spiro atoms. The van der Waals surface area contributed by atoms with Crippen molar-refractivity contribution in [2.75, 3.05) is 18.4 Å². The molecule has 1 saturated heterocycles. The van der Waals surface area contributed by atoms with Crippen molar-refractivity contribution in [2.24, 2.45) is 0 Å². The zero-order chi connectivity index (χ0) is 21.0. The SMILES string of the molecule is CC(C)(C)OC(=O)N1CCC(Nc2ccc(Cl)cc2C(=O)c2ccccc2)CC1. The lowest BCUT2D eigenvalue weighted by Crippen LogP contribution is -2.44. The number of nitrogens with one attached hydrogen (secondary N) is 1. The predicted molar refractivity (Wildman–Crippen MR) is 116 cm³/mol. The van der Waals surface area contributed by atoms with Gasteiger partial charge < -0.3 is 15.0 Å². The molecule has 1 amide bonds. The lowest BCUT2D eigenvalue weighted by atomic mass is 9.99. The van der Waals surface area contributed by atoms with E-state index < -0.39 is 5.60 Å². The number of hydrogen-bond donors (Lipinski definition) is 1. The Morgan fingerprint density at radius 3 is 2.34 bits per heavy atom. The minimum Gasteiger partial charge on any atom is -0.444 e. The van der Waals surface area contributed by atoms with Crippen LogP contribution >= 0.6 is 11.6 Å².